The lowest BCUT2D eigenvalue weighted by atomic mass is 10.1. The molecule has 0 unspecified atom stereocenters. The SMILES string of the molecule is CN1CCN(Cc2ccc3nc(-c4n[nH]c5cc(OCc6ccccc6)ccc45)[nH]c3c2)CC1. The molecule has 3 aromatic carbocycles. The summed E-state index contributed by atoms with van der Waals surface area (Å²) in [5.41, 5.74) is 6.19. The van der Waals surface area contributed by atoms with Crippen LogP contribution >= 0.6 is 0 Å². The number of benzene rings is 3. The van der Waals surface area contributed by atoms with Crippen molar-refractivity contribution in [3.05, 3.63) is 77.9 Å². The van der Waals surface area contributed by atoms with Gasteiger partial charge in [-0.3, -0.25) is 10.00 Å². The number of likely N-dealkylation sites (N-methyl/N-ethyl adjacent to an activating group) is 1. The van der Waals surface area contributed by atoms with E-state index in [4.69, 9.17) is 9.72 Å². The van der Waals surface area contributed by atoms with E-state index in [1.54, 1.807) is 0 Å². The standard InChI is InChI=1S/C27H28N6O/c1-32-11-13-33(14-12-32)17-20-7-10-23-25(15-20)29-27(28-23)26-22-9-8-21(16-24(22)30-31-26)34-18-19-5-3-2-4-6-19/h2-10,15-16H,11-14,17-18H2,1H3,(H,28,29)(H,30,31). The second-order valence-electron chi connectivity index (χ2n) is 9.07. The highest BCUT2D eigenvalue weighted by Crippen LogP contribution is 2.29. The Morgan fingerprint density at radius 3 is 2.59 bits per heavy atom. The van der Waals surface area contributed by atoms with Gasteiger partial charge < -0.3 is 14.6 Å². The van der Waals surface area contributed by atoms with Crippen LogP contribution in [0.25, 0.3) is 33.5 Å². The Kier molecular flexibility index (Phi) is 5.49. The number of fused-ring (bicyclic) bond motifs is 2. The predicted molar refractivity (Wildman–Crippen MR) is 135 cm³/mol. The van der Waals surface area contributed by atoms with E-state index in [-0.39, 0.29) is 0 Å². The number of nitrogens with one attached hydrogen (secondary N) is 2. The lowest BCUT2D eigenvalue weighted by Gasteiger charge is -2.32. The maximum Gasteiger partial charge on any atom is 0.159 e. The molecule has 0 radical (unpaired) electrons. The largest absolute Gasteiger partial charge is 0.489 e. The Morgan fingerprint density at radius 2 is 1.74 bits per heavy atom. The van der Waals surface area contributed by atoms with Crippen LogP contribution in [0, 0.1) is 0 Å². The van der Waals surface area contributed by atoms with E-state index < -0.39 is 0 Å². The zero-order chi connectivity index (χ0) is 22.9. The average molecular weight is 453 g/mol. The molecule has 34 heavy (non-hydrogen) atoms. The number of ether oxygens (including phenoxy) is 1. The molecular formula is C27H28N6O. The molecule has 3 heterocycles. The van der Waals surface area contributed by atoms with Crippen LogP contribution in [0.4, 0.5) is 0 Å². The predicted octanol–water partition coefficient (Wildman–Crippen LogP) is 4.43. The fraction of sp³-hybridized carbons (Fsp3) is 0.259. The van der Waals surface area contributed by atoms with Crippen LogP contribution in [-0.4, -0.2) is 63.2 Å². The van der Waals surface area contributed by atoms with Gasteiger partial charge in [0.1, 0.15) is 18.1 Å². The topological polar surface area (TPSA) is 73.1 Å². The van der Waals surface area contributed by atoms with Crippen LogP contribution in [0.3, 0.4) is 0 Å². The molecule has 6 rings (SSSR count). The molecule has 1 aliphatic heterocycles. The van der Waals surface area contributed by atoms with Crippen molar-refractivity contribution in [2.45, 2.75) is 13.2 Å². The summed E-state index contributed by atoms with van der Waals surface area (Å²) in [7, 11) is 2.19. The summed E-state index contributed by atoms with van der Waals surface area (Å²) >= 11 is 0. The fourth-order valence-corrected chi connectivity index (χ4v) is 4.54. The molecule has 1 aliphatic rings. The zero-order valence-corrected chi connectivity index (χ0v) is 19.3. The number of piperazine rings is 1. The van der Waals surface area contributed by atoms with E-state index >= 15 is 0 Å². The highest BCUT2D eigenvalue weighted by atomic mass is 16.5. The molecule has 7 nitrogen and oxygen atoms in total. The first kappa shape index (κ1) is 20.9. The smallest absolute Gasteiger partial charge is 0.159 e. The van der Waals surface area contributed by atoms with Crippen LogP contribution in [0.5, 0.6) is 5.75 Å². The lowest BCUT2D eigenvalue weighted by molar-refractivity contribution is 0.148. The normalized spacial score (nSPS) is 15.3. The van der Waals surface area contributed by atoms with Crippen molar-refractivity contribution in [2.75, 3.05) is 33.2 Å². The maximum absolute atomic E-state index is 5.97. The summed E-state index contributed by atoms with van der Waals surface area (Å²) in [4.78, 5) is 13.2. The molecule has 2 N–H and O–H groups in total. The van der Waals surface area contributed by atoms with Crippen LogP contribution < -0.4 is 4.74 Å². The Hall–Kier alpha value is -3.68. The number of nitrogens with zero attached hydrogens (tertiary/aromatic N) is 4. The first-order valence-electron chi connectivity index (χ1n) is 11.8. The molecule has 0 spiro atoms. The third kappa shape index (κ3) is 4.27. The molecule has 7 heteroatoms. The van der Waals surface area contributed by atoms with Crippen LogP contribution in [0.1, 0.15) is 11.1 Å². The van der Waals surface area contributed by atoms with Crippen molar-refractivity contribution in [1.82, 2.24) is 30.0 Å². The molecule has 0 atom stereocenters. The molecule has 5 aromatic rings. The van der Waals surface area contributed by atoms with Gasteiger partial charge in [-0.1, -0.05) is 36.4 Å². The zero-order valence-electron chi connectivity index (χ0n) is 19.3. The average Bonchev–Trinajstić information content (AvgIpc) is 3.48. The van der Waals surface area contributed by atoms with Crippen molar-refractivity contribution in [2.24, 2.45) is 0 Å². The van der Waals surface area contributed by atoms with Gasteiger partial charge in [0.25, 0.3) is 0 Å². The van der Waals surface area contributed by atoms with E-state index in [0.29, 0.717) is 6.61 Å². The molecule has 2 aromatic heterocycles. The number of rotatable bonds is 6. The molecule has 0 saturated carbocycles. The highest BCUT2D eigenvalue weighted by molar-refractivity contribution is 5.93. The first-order chi connectivity index (χ1) is 16.7. The van der Waals surface area contributed by atoms with Gasteiger partial charge in [0.05, 0.1) is 16.6 Å². The Morgan fingerprint density at radius 1 is 0.882 bits per heavy atom. The van der Waals surface area contributed by atoms with Gasteiger partial charge in [0, 0.05) is 44.2 Å². The third-order valence-electron chi connectivity index (χ3n) is 6.56. The van der Waals surface area contributed by atoms with Crippen molar-refractivity contribution in [3.8, 4) is 17.3 Å². The van der Waals surface area contributed by atoms with Crippen LogP contribution in [-0.2, 0) is 13.2 Å². The number of H-pyrrole nitrogens is 2. The Balaban J connectivity index is 1.21. The quantitative estimate of drug-likeness (QED) is 0.399. The molecule has 172 valence electrons. The van der Waals surface area contributed by atoms with Gasteiger partial charge in [0.2, 0.25) is 0 Å². The van der Waals surface area contributed by atoms with Crippen molar-refractivity contribution >= 4 is 21.9 Å². The number of aromatic amines is 2. The highest BCUT2D eigenvalue weighted by Gasteiger charge is 2.16. The molecule has 0 bridgehead atoms. The van der Waals surface area contributed by atoms with E-state index in [2.05, 4.69) is 62.4 Å². The number of hydrogen-bond donors (Lipinski definition) is 2. The summed E-state index contributed by atoms with van der Waals surface area (Å²) in [6, 6.07) is 22.7. The van der Waals surface area contributed by atoms with Gasteiger partial charge in [-0.15, -0.1) is 0 Å². The number of imidazole rings is 1. The minimum Gasteiger partial charge on any atom is -0.489 e. The molecular weight excluding hydrogens is 424 g/mol. The number of hydrogen-bond acceptors (Lipinski definition) is 5. The second-order valence-corrected chi connectivity index (χ2v) is 9.07. The summed E-state index contributed by atoms with van der Waals surface area (Å²) < 4.78 is 5.97. The molecule has 0 amide bonds. The minimum atomic E-state index is 0.535. The molecule has 1 saturated heterocycles. The van der Waals surface area contributed by atoms with Crippen LogP contribution in [0.15, 0.2) is 66.7 Å². The van der Waals surface area contributed by atoms with Gasteiger partial charge in [-0.05, 0) is 42.4 Å². The van der Waals surface area contributed by atoms with Gasteiger partial charge >= 0.3 is 0 Å². The second kappa shape index (κ2) is 8.93. The summed E-state index contributed by atoms with van der Waals surface area (Å²) in [5.74, 6) is 1.58. The molecule has 0 aliphatic carbocycles. The number of aromatic nitrogens is 4. The van der Waals surface area contributed by atoms with Crippen molar-refractivity contribution in [1.29, 1.82) is 0 Å². The molecule has 1 fully saturated rings. The van der Waals surface area contributed by atoms with Crippen molar-refractivity contribution in [3.63, 3.8) is 0 Å². The van der Waals surface area contributed by atoms with E-state index in [9.17, 15) is 0 Å². The Labute approximate surface area is 198 Å². The maximum atomic E-state index is 5.97. The third-order valence-corrected chi connectivity index (χ3v) is 6.56. The van der Waals surface area contributed by atoms with Crippen molar-refractivity contribution < 1.29 is 4.74 Å². The lowest BCUT2D eigenvalue weighted by Crippen LogP contribution is -2.43. The summed E-state index contributed by atoms with van der Waals surface area (Å²) in [6.45, 7) is 5.98. The Bertz CT molecular complexity index is 1420. The van der Waals surface area contributed by atoms with Gasteiger partial charge in [0.15, 0.2) is 5.82 Å². The van der Waals surface area contributed by atoms with Crippen LogP contribution in [0.2, 0.25) is 0 Å². The van der Waals surface area contributed by atoms with E-state index in [1.807, 2.05) is 36.4 Å². The van der Waals surface area contributed by atoms with E-state index in [1.165, 1.54) is 5.56 Å². The summed E-state index contributed by atoms with van der Waals surface area (Å²) in [5, 5.41) is 8.71. The van der Waals surface area contributed by atoms with Gasteiger partial charge in [-0.2, -0.15) is 5.10 Å². The first-order valence-corrected chi connectivity index (χ1v) is 11.8. The van der Waals surface area contributed by atoms with E-state index in [0.717, 1.165) is 77.5 Å². The monoisotopic (exact) mass is 452 g/mol. The fourth-order valence-electron chi connectivity index (χ4n) is 4.54. The van der Waals surface area contributed by atoms with Gasteiger partial charge in [-0.25, -0.2) is 4.98 Å². The minimum absolute atomic E-state index is 0.535. The summed E-state index contributed by atoms with van der Waals surface area (Å²) in [6.07, 6.45) is 0.